The second kappa shape index (κ2) is 9.38. The van der Waals surface area contributed by atoms with Gasteiger partial charge >= 0.3 is 17.7 Å². The molecule has 0 aliphatic heterocycles. The number of benzene rings is 1. The first-order chi connectivity index (χ1) is 14.0. The predicted molar refractivity (Wildman–Crippen MR) is 104 cm³/mol. The second-order valence-corrected chi connectivity index (χ2v) is 6.06. The van der Waals surface area contributed by atoms with Crippen molar-refractivity contribution in [3.8, 4) is 0 Å². The van der Waals surface area contributed by atoms with Crippen LogP contribution in [0, 0.1) is 0 Å². The van der Waals surface area contributed by atoms with Crippen LogP contribution in [0.2, 0.25) is 5.02 Å². The molecule has 0 saturated heterocycles. The van der Waals surface area contributed by atoms with Gasteiger partial charge in [-0.2, -0.15) is 5.10 Å². The molecule has 2 heterocycles. The lowest BCUT2D eigenvalue weighted by molar-refractivity contribution is -0.136. The molecule has 0 aliphatic carbocycles. The Balaban J connectivity index is 1.46. The van der Waals surface area contributed by atoms with Crippen molar-refractivity contribution >= 4 is 41.2 Å². The molecule has 148 valence electrons. The molecule has 0 unspecified atom stereocenters. The highest BCUT2D eigenvalue weighted by Crippen LogP contribution is 2.14. The molecule has 0 spiro atoms. The van der Waals surface area contributed by atoms with E-state index in [1.165, 1.54) is 24.6 Å². The summed E-state index contributed by atoms with van der Waals surface area (Å²) in [7, 11) is 0. The van der Waals surface area contributed by atoms with E-state index in [1.54, 1.807) is 36.4 Å². The summed E-state index contributed by atoms with van der Waals surface area (Å²) in [6, 6.07) is 12.7. The molecule has 0 saturated carbocycles. The number of hydrogen-bond acceptors (Lipinski definition) is 6. The number of nitrogens with one attached hydrogen (secondary N) is 3. The lowest BCUT2D eigenvalue weighted by atomic mass is 10.3. The molecule has 0 atom stereocenters. The van der Waals surface area contributed by atoms with Crippen LogP contribution in [0.15, 0.2) is 68.7 Å². The van der Waals surface area contributed by atoms with E-state index in [4.69, 9.17) is 20.4 Å². The first-order valence-electron chi connectivity index (χ1n) is 8.31. The second-order valence-electron chi connectivity index (χ2n) is 5.63. The van der Waals surface area contributed by atoms with Gasteiger partial charge < -0.3 is 19.5 Å². The maximum absolute atomic E-state index is 11.9. The Bertz CT molecular complexity index is 1040. The van der Waals surface area contributed by atoms with Gasteiger partial charge in [-0.1, -0.05) is 17.7 Å². The summed E-state index contributed by atoms with van der Waals surface area (Å²) in [5.41, 5.74) is 2.69. The molecular weight excluding hydrogens is 400 g/mol. The highest BCUT2D eigenvalue weighted by Gasteiger charge is 2.14. The Hall–Kier alpha value is -3.85. The topological polar surface area (TPSA) is 126 Å². The largest absolute Gasteiger partial charge is 0.459 e. The van der Waals surface area contributed by atoms with E-state index in [1.807, 2.05) is 0 Å². The zero-order valence-electron chi connectivity index (χ0n) is 14.8. The maximum Gasteiger partial charge on any atom is 0.313 e. The van der Waals surface area contributed by atoms with Gasteiger partial charge in [0.1, 0.15) is 11.5 Å². The molecule has 0 fully saturated rings. The minimum absolute atomic E-state index is 0.00556. The molecule has 0 aliphatic rings. The summed E-state index contributed by atoms with van der Waals surface area (Å²) in [5, 5.41) is 9.06. The van der Waals surface area contributed by atoms with Crippen molar-refractivity contribution in [2.75, 3.05) is 5.32 Å². The summed E-state index contributed by atoms with van der Waals surface area (Å²) in [5.74, 6) is -1.30. The number of hydrazone groups is 1. The standard InChI is InChI=1S/C19H15ClN4O5/c20-12-3-1-4-13(9-12)23-19(27)18(26)21-10-14-6-7-15(29-14)11-22-24-17(25)16-5-2-8-28-16/h1-9,11H,10H2,(H,21,26)(H,23,27)(H,24,25)/b22-11-. The summed E-state index contributed by atoms with van der Waals surface area (Å²) < 4.78 is 10.4. The number of carbonyl (C=O) groups excluding carboxylic acids is 3. The first-order valence-corrected chi connectivity index (χ1v) is 8.69. The van der Waals surface area contributed by atoms with E-state index >= 15 is 0 Å². The van der Waals surface area contributed by atoms with Crippen molar-refractivity contribution in [3.63, 3.8) is 0 Å². The molecule has 9 nitrogen and oxygen atoms in total. The van der Waals surface area contributed by atoms with E-state index in [0.717, 1.165) is 0 Å². The number of carbonyl (C=O) groups is 3. The highest BCUT2D eigenvalue weighted by atomic mass is 35.5. The number of amides is 3. The quantitative estimate of drug-likeness (QED) is 0.324. The summed E-state index contributed by atoms with van der Waals surface area (Å²) >= 11 is 5.83. The molecule has 0 radical (unpaired) electrons. The van der Waals surface area contributed by atoms with E-state index in [-0.39, 0.29) is 12.3 Å². The highest BCUT2D eigenvalue weighted by molar-refractivity contribution is 6.39. The maximum atomic E-state index is 11.9. The van der Waals surface area contributed by atoms with E-state index in [2.05, 4.69) is 21.2 Å². The number of rotatable bonds is 6. The third-order valence-corrected chi connectivity index (χ3v) is 3.73. The zero-order chi connectivity index (χ0) is 20.6. The van der Waals surface area contributed by atoms with Crippen LogP contribution in [0.1, 0.15) is 22.1 Å². The van der Waals surface area contributed by atoms with Gasteiger partial charge in [-0.25, -0.2) is 5.43 Å². The Kier molecular flexibility index (Phi) is 6.43. The fourth-order valence-corrected chi connectivity index (χ4v) is 2.37. The van der Waals surface area contributed by atoms with Gasteiger partial charge in [0, 0.05) is 10.7 Å². The number of anilines is 1. The lowest BCUT2D eigenvalue weighted by Gasteiger charge is -2.05. The monoisotopic (exact) mass is 414 g/mol. The molecule has 2 aromatic heterocycles. The minimum atomic E-state index is -0.832. The molecule has 29 heavy (non-hydrogen) atoms. The fraction of sp³-hybridized carbons (Fsp3) is 0.0526. The number of hydrogen-bond donors (Lipinski definition) is 3. The molecule has 1 aromatic carbocycles. The third kappa shape index (κ3) is 5.81. The van der Waals surface area contributed by atoms with Crippen molar-refractivity contribution in [2.24, 2.45) is 5.10 Å². The van der Waals surface area contributed by atoms with E-state index < -0.39 is 17.7 Å². The van der Waals surface area contributed by atoms with Crippen molar-refractivity contribution in [2.45, 2.75) is 6.54 Å². The summed E-state index contributed by atoms with van der Waals surface area (Å²) in [4.78, 5) is 35.4. The predicted octanol–water partition coefficient (Wildman–Crippen LogP) is 2.54. The van der Waals surface area contributed by atoms with Gasteiger partial charge in [-0.3, -0.25) is 14.4 Å². The Labute approximate surface area is 169 Å². The van der Waals surface area contributed by atoms with Gasteiger partial charge in [0.2, 0.25) is 0 Å². The van der Waals surface area contributed by atoms with Crippen LogP contribution in [-0.4, -0.2) is 23.9 Å². The van der Waals surface area contributed by atoms with Crippen molar-refractivity contribution in [1.82, 2.24) is 10.7 Å². The van der Waals surface area contributed by atoms with Crippen LogP contribution in [0.3, 0.4) is 0 Å². The van der Waals surface area contributed by atoms with Crippen LogP contribution in [0.5, 0.6) is 0 Å². The van der Waals surface area contributed by atoms with Gasteiger partial charge in [-0.05, 0) is 42.5 Å². The fourth-order valence-electron chi connectivity index (χ4n) is 2.18. The van der Waals surface area contributed by atoms with Crippen LogP contribution in [-0.2, 0) is 16.1 Å². The number of nitrogens with zero attached hydrogens (tertiary/aromatic N) is 1. The molecule has 10 heteroatoms. The third-order valence-electron chi connectivity index (χ3n) is 3.50. The average Bonchev–Trinajstić information content (AvgIpc) is 3.38. The van der Waals surface area contributed by atoms with E-state index in [9.17, 15) is 14.4 Å². The molecule has 0 bridgehead atoms. The normalized spacial score (nSPS) is 10.7. The van der Waals surface area contributed by atoms with Crippen LogP contribution >= 0.6 is 11.6 Å². The average molecular weight is 415 g/mol. The Morgan fingerprint density at radius 3 is 2.69 bits per heavy atom. The first kappa shape index (κ1) is 19.9. The molecule has 3 N–H and O–H groups in total. The van der Waals surface area contributed by atoms with Crippen LogP contribution in [0.25, 0.3) is 0 Å². The Morgan fingerprint density at radius 2 is 1.93 bits per heavy atom. The van der Waals surface area contributed by atoms with E-state index in [0.29, 0.717) is 22.2 Å². The summed E-state index contributed by atoms with van der Waals surface area (Å²) in [6.45, 7) is -0.00556. The molecule has 3 amide bonds. The van der Waals surface area contributed by atoms with Crippen molar-refractivity contribution < 1.29 is 23.2 Å². The number of halogens is 1. The SMILES string of the molecule is O=C(NCc1ccc(/C=N\NC(=O)c2ccco2)o1)C(=O)Nc1cccc(Cl)c1. The molecule has 3 rings (SSSR count). The Morgan fingerprint density at radius 1 is 1.07 bits per heavy atom. The minimum Gasteiger partial charge on any atom is -0.459 e. The lowest BCUT2D eigenvalue weighted by Crippen LogP contribution is -2.34. The molecular formula is C19H15ClN4O5. The van der Waals surface area contributed by atoms with Gasteiger partial charge in [0.15, 0.2) is 5.76 Å². The van der Waals surface area contributed by atoms with Crippen molar-refractivity contribution in [1.29, 1.82) is 0 Å². The van der Waals surface area contributed by atoms with Gasteiger partial charge in [-0.15, -0.1) is 0 Å². The van der Waals surface area contributed by atoms with Crippen LogP contribution in [0.4, 0.5) is 5.69 Å². The van der Waals surface area contributed by atoms with Crippen LogP contribution < -0.4 is 16.1 Å². The van der Waals surface area contributed by atoms with Crippen molar-refractivity contribution in [3.05, 3.63) is 77.1 Å². The zero-order valence-corrected chi connectivity index (χ0v) is 15.6. The van der Waals surface area contributed by atoms with Gasteiger partial charge in [0.25, 0.3) is 0 Å². The smallest absolute Gasteiger partial charge is 0.313 e. The van der Waals surface area contributed by atoms with Gasteiger partial charge in [0.05, 0.1) is 19.0 Å². The summed E-state index contributed by atoms with van der Waals surface area (Å²) in [6.07, 6.45) is 2.67. The molecule has 3 aromatic rings. The number of furan rings is 2.